The van der Waals surface area contributed by atoms with Crippen molar-refractivity contribution in [2.45, 2.75) is 0 Å². The molecule has 0 spiro atoms. The van der Waals surface area contributed by atoms with Crippen LogP contribution in [0.3, 0.4) is 0 Å². The number of hydrogen-bond acceptors (Lipinski definition) is 9. The maximum absolute atomic E-state index is 5.89. The normalized spacial score (nSPS) is 11.7. The first-order chi connectivity index (χ1) is 67.4. The summed E-state index contributed by atoms with van der Waals surface area (Å²) in [5.41, 5.74) is 28.8. The molecule has 634 valence electrons. The van der Waals surface area contributed by atoms with Crippen molar-refractivity contribution in [1.82, 2.24) is 63.1 Å². The standard InChI is InChI=1S/C123H77N13/c1-6-34-78(35-7-1)101-70-88(71-102(125-101)79-36-8-2-9-37-79)105-68-85(90-44-16-17-45-91(90)86-74-115(133-107-55-27-20-47-93(107)94-48-21-28-56-108(94)133)128-116(75-86)134-109-57-29-22-49-95(109)96-50-23-30-58-110(96)134)69-106(127-105)89-72-103(80-38-10-3-11-39-80)126-104(73-89)81-62-64-82(65-63-81)120-119-100-54-26-33-61-113(100)136(114(119)66-67-124-120)118-77-87(76-117(129-118)135-111-59-31-24-51-97(111)98-52-25-32-60-112(98)135)92-46-18-19-53-99(92)123-131-121(83-40-12-4-13-41-83)130-122(132-123)84-42-14-5-15-43-84/h1-77H. The minimum Gasteiger partial charge on any atom is -0.294 e. The number of aromatic nitrogens is 13. The molecule has 0 bridgehead atoms. The van der Waals surface area contributed by atoms with E-state index < -0.39 is 0 Å². The number of benzene rings is 15. The van der Waals surface area contributed by atoms with Gasteiger partial charge in [-0.05, 0) is 143 Å². The average Bonchev–Trinajstić information content (AvgIpc) is 1.57. The maximum Gasteiger partial charge on any atom is 0.164 e. The summed E-state index contributed by atoms with van der Waals surface area (Å²) in [4.78, 5) is 49.7. The van der Waals surface area contributed by atoms with Gasteiger partial charge in [-0.3, -0.25) is 23.3 Å². The molecule has 26 rings (SSSR count). The minimum absolute atomic E-state index is 0.547. The van der Waals surface area contributed by atoms with Crippen LogP contribution in [0.15, 0.2) is 467 Å². The molecule has 0 aliphatic carbocycles. The SMILES string of the molecule is c1ccc(-c2cc(-c3cc(-c4ccccc4-c4cc(-n5c6ccccc6c6ccccc65)nc(-n5c6ccccc6c6ccccc65)c4)cc(-c4cc(-c5ccccc5)nc(-c5ccc(-c6nccc7c6c6ccccc6n7-c6cc(-c7ccccc7-c7nc(-c8ccccc8)nc(-c8ccccc8)n7)cc(-n7c8ccccc8c8ccccc87)n6)cc5)c4)n3)cc(-c3ccccc3)n2)cc1. The molecule has 0 atom stereocenters. The van der Waals surface area contributed by atoms with Gasteiger partial charge < -0.3 is 0 Å². The van der Waals surface area contributed by atoms with Crippen LogP contribution in [0.5, 0.6) is 0 Å². The molecule has 0 radical (unpaired) electrons. The molecule has 0 aliphatic heterocycles. The molecule has 13 nitrogen and oxygen atoms in total. The molecule has 136 heavy (non-hydrogen) atoms. The second kappa shape index (κ2) is 32.8. The van der Waals surface area contributed by atoms with Gasteiger partial charge in [-0.1, -0.05) is 352 Å². The highest BCUT2D eigenvalue weighted by atomic mass is 15.2. The summed E-state index contributed by atoms with van der Waals surface area (Å²) in [5, 5.41) is 8.87. The number of rotatable bonds is 17. The molecular weight excluding hydrogens is 1660 g/mol. The summed E-state index contributed by atoms with van der Waals surface area (Å²) in [6.45, 7) is 0. The first kappa shape index (κ1) is 78.5. The van der Waals surface area contributed by atoms with Gasteiger partial charge in [0, 0.05) is 105 Å². The second-order valence-corrected chi connectivity index (χ2v) is 34.3. The van der Waals surface area contributed by atoms with Crippen LogP contribution in [0, 0.1) is 0 Å². The number of hydrogen-bond donors (Lipinski definition) is 0. The maximum atomic E-state index is 5.89. The van der Waals surface area contributed by atoms with Crippen LogP contribution in [0.4, 0.5) is 0 Å². The average molecular weight is 1740 g/mol. The van der Waals surface area contributed by atoms with Crippen molar-refractivity contribution in [3.05, 3.63) is 467 Å². The third-order valence-corrected chi connectivity index (χ3v) is 26.3. The fourth-order valence-corrected chi connectivity index (χ4v) is 20.1. The van der Waals surface area contributed by atoms with Crippen LogP contribution < -0.4 is 0 Å². The summed E-state index contributed by atoms with van der Waals surface area (Å²) in [5.74, 6) is 4.74. The summed E-state index contributed by atoms with van der Waals surface area (Å²) < 4.78 is 9.26. The van der Waals surface area contributed by atoms with Gasteiger partial charge >= 0.3 is 0 Å². The Labute approximate surface area is 782 Å². The summed E-state index contributed by atoms with van der Waals surface area (Å²) >= 11 is 0. The van der Waals surface area contributed by atoms with E-state index in [9.17, 15) is 0 Å². The van der Waals surface area contributed by atoms with Gasteiger partial charge in [0.15, 0.2) is 17.5 Å². The van der Waals surface area contributed by atoms with Gasteiger partial charge in [-0.15, -0.1) is 0 Å². The largest absolute Gasteiger partial charge is 0.294 e. The predicted octanol–water partition coefficient (Wildman–Crippen LogP) is 30.3. The van der Waals surface area contributed by atoms with E-state index in [1.165, 1.54) is 0 Å². The topological polar surface area (TPSA) is 136 Å². The van der Waals surface area contributed by atoms with Crippen molar-refractivity contribution in [2.24, 2.45) is 0 Å². The zero-order valence-corrected chi connectivity index (χ0v) is 73.3. The Morgan fingerprint density at radius 1 is 0.147 bits per heavy atom. The number of fused-ring (bicyclic) bond motifs is 12. The molecular formula is C123H77N13. The van der Waals surface area contributed by atoms with E-state index in [1.54, 1.807) is 0 Å². The molecule has 15 aromatic carbocycles. The lowest BCUT2D eigenvalue weighted by molar-refractivity contribution is 1.01. The molecule has 0 amide bonds. The molecule has 13 heteroatoms. The van der Waals surface area contributed by atoms with Crippen LogP contribution >= 0.6 is 0 Å². The lowest BCUT2D eigenvalue weighted by Crippen LogP contribution is -2.05. The molecule has 26 aromatic rings. The summed E-state index contributed by atoms with van der Waals surface area (Å²) in [7, 11) is 0. The lowest BCUT2D eigenvalue weighted by Gasteiger charge is -2.18. The van der Waals surface area contributed by atoms with Gasteiger partial charge in [0.1, 0.15) is 23.3 Å². The van der Waals surface area contributed by atoms with E-state index >= 15 is 0 Å². The summed E-state index contributed by atoms with van der Waals surface area (Å²) in [6.07, 6.45) is 1.93. The molecule has 0 saturated carbocycles. The van der Waals surface area contributed by atoms with Crippen molar-refractivity contribution in [2.75, 3.05) is 0 Å². The molecule has 0 fully saturated rings. The Hall–Kier alpha value is -18.6. The van der Waals surface area contributed by atoms with Crippen molar-refractivity contribution in [3.8, 4) is 170 Å². The Morgan fingerprint density at radius 2 is 0.390 bits per heavy atom. The van der Waals surface area contributed by atoms with Crippen molar-refractivity contribution < 1.29 is 0 Å². The van der Waals surface area contributed by atoms with Gasteiger partial charge in [0.05, 0.1) is 84.0 Å². The first-order valence-electron chi connectivity index (χ1n) is 45.7. The van der Waals surface area contributed by atoms with E-state index in [0.717, 1.165) is 234 Å². The Morgan fingerprint density at radius 3 is 0.743 bits per heavy atom. The van der Waals surface area contributed by atoms with E-state index in [0.29, 0.717) is 23.3 Å². The smallest absolute Gasteiger partial charge is 0.164 e. The Kier molecular flexibility index (Phi) is 18.9. The molecule has 11 aromatic heterocycles. The Bertz CT molecular complexity index is 8820. The first-order valence-corrected chi connectivity index (χ1v) is 45.7. The number of nitrogens with zero attached hydrogens (tertiary/aromatic N) is 13. The number of para-hydroxylation sites is 7. The van der Waals surface area contributed by atoms with E-state index in [4.69, 9.17) is 44.9 Å². The third kappa shape index (κ3) is 13.7. The summed E-state index contributed by atoms with van der Waals surface area (Å²) in [6, 6.07) is 162. The second-order valence-electron chi connectivity index (χ2n) is 34.3. The highest BCUT2D eigenvalue weighted by Crippen LogP contribution is 2.47. The van der Waals surface area contributed by atoms with Crippen molar-refractivity contribution >= 4 is 87.2 Å². The van der Waals surface area contributed by atoms with E-state index in [-0.39, 0.29) is 0 Å². The molecule has 0 aliphatic rings. The van der Waals surface area contributed by atoms with Crippen LogP contribution in [-0.2, 0) is 0 Å². The number of pyridine rings is 6. The van der Waals surface area contributed by atoms with Crippen molar-refractivity contribution in [3.63, 3.8) is 0 Å². The highest BCUT2D eigenvalue weighted by molar-refractivity contribution is 6.16. The monoisotopic (exact) mass is 1740 g/mol. The fourth-order valence-electron chi connectivity index (χ4n) is 20.1. The third-order valence-electron chi connectivity index (χ3n) is 26.3. The Balaban J connectivity index is 0.643. The zero-order chi connectivity index (χ0) is 89.7. The quantitative estimate of drug-likeness (QED) is 0.0873. The van der Waals surface area contributed by atoms with Crippen LogP contribution in [0.2, 0.25) is 0 Å². The van der Waals surface area contributed by atoms with Gasteiger partial charge in [-0.2, -0.15) is 0 Å². The highest BCUT2D eigenvalue weighted by Gasteiger charge is 2.27. The lowest BCUT2D eigenvalue weighted by atomic mass is 9.92. The fraction of sp³-hybridized carbons (Fsp3) is 0. The van der Waals surface area contributed by atoms with E-state index in [2.05, 4.69) is 407 Å². The van der Waals surface area contributed by atoms with Gasteiger partial charge in [0.25, 0.3) is 0 Å². The molecule has 0 unspecified atom stereocenters. The van der Waals surface area contributed by atoms with Crippen LogP contribution in [-0.4, -0.2) is 63.1 Å². The predicted molar refractivity (Wildman–Crippen MR) is 555 cm³/mol. The molecule has 11 heterocycles. The zero-order valence-electron chi connectivity index (χ0n) is 73.3. The molecule has 0 N–H and O–H groups in total. The molecule has 0 saturated heterocycles. The van der Waals surface area contributed by atoms with Crippen molar-refractivity contribution in [1.29, 1.82) is 0 Å². The minimum atomic E-state index is 0.547. The van der Waals surface area contributed by atoms with Gasteiger partial charge in [-0.25, -0.2) is 39.9 Å². The van der Waals surface area contributed by atoms with E-state index in [1.807, 2.05) is 79.0 Å². The van der Waals surface area contributed by atoms with Gasteiger partial charge in [0.2, 0.25) is 0 Å². The van der Waals surface area contributed by atoms with Crippen LogP contribution in [0.25, 0.3) is 257 Å². The van der Waals surface area contributed by atoms with Crippen LogP contribution in [0.1, 0.15) is 0 Å².